The number of morpholine rings is 1. The molecule has 22 heavy (non-hydrogen) atoms. The molecule has 2 aliphatic rings. The summed E-state index contributed by atoms with van der Waals surface area (Å²) in [4.78, 5) is 14.2. The molecule has 6 heteroatoms. The van der Waals surface area contributed by atoms with Crippen LogP contribution in [0.15, 0.2) is 36.6 Å². The summed E-state index contributed by atoms with van der Waals surface area (Å²) in [6.45, 7) is 10.2. The van der Waals surface area contributed by atoms with Crippen LogP contribution >= 0.6 is 0 Å². The molecule has 2 aliphatic heterocycles. The number of carbonyl (C=O) groups is 1. The minimum Gasteiger partial charge on any atom is -0.534 e. The molecule has 0 atom stereocenters. The quantitative estimate of drug-likeness (QED) is 0.770. The lowest BCUT2D eigenvalue weighted by Crippen LogP contribution is -2.41. The number of amides is 1. The Balaban J connectivity index is 1.70. The Morgan fingerprint density at radius 3 is 2.41 bits per heavy atom. The third-order valence-electron chi connectivity index (χ3n) is 4.05. The van der Waals surface area contributed by atoms with Gasteiger partial charge in [-0.3, -0.25) is 4.79 Å². The molecule has 0 radical (unpaired) electrons. The Labute approximate surface area is 131 Å². The molecule has 1 aromatic carbocycles. The molecule has 116 valence electrons. The van der Waals surface area contributed by atoms with Gasteiger partial charge in [-0.15, -0.1) is 0 Å². The fourth-order valence-corrected chi connectivity index (χ4v) is 2.50. The molecule has 1 amide bonds. The molecule has 3 rings (SSSR count). The molecular weight excluding hydrogens is 281 g/mol. The summed E-state index contributed by atoms with van der Waals surface area (Å²) in [7, 11) is -0.463. The van der Waals surface area contributed by atoms with Crippen molar-refractivity contribution in [3.05, 3.63) is 42.2 Å². The Bertz CT molecular complexity index is 578. The highest BCUT2D eigenvalue weighted by Gasteiger charge is 2.42. The van der Waals surface area contributed by atoms with Crippen LogP contribution in [0.1, 0.15) is 24.2 Å². The van der Waals surface area contributed by atoms with Crippen molar-refractivity contribution in [2.24, 2.45) is 0 Å². The number of nitrogens with zero attached hydrogens (tertiary/aromatic N) is 1. The van der Waals surface area contributed by atoms with Gasteiger partial charge in [0, 0.05) is 18.7 Å². The van der Waals surface area contributed by atoms with Crippen LogP contribution in [0.5, 0.6) is 0 Å². The maximum atomic E-state index is 12.4. The Morgan fingerprint density at radius 1 is 1.23 bits per heavy atom. The van der Waals surface area contributed by atoms with Crippen LogP contribution in [0, 0.1) is 0 Å². The summed E-state index contributed by atoms with van der Waals surface area (Å²) < 4.78 is 16.7. The van der Waals surface area contributed by atoms with Crippen molar-refractivity contribution in [1.29, 1.82) is 0 Å². The molecule has 1 aromatic rings. The normalized spacial score (nSPS) is 20.9. The van der Waals surface area contributed by atoms with E-state index in [1.807, 2.05) is 43.0 Å². The lowest BCUT2D eigenvalue weighted by atomic mass is 9.79. The van der Waals surface area contributed by atoms with Gasteiger partial charge in [0.05, 0.1) is 19.0 Å². The standard InChI is InChI=1S/C16H20BNO4/c1-12-16(2,3)22-17(21-12)14-6-4-13(5-7-14)15(19)18-8-10-20-11-9-18/h4-7H,1,8-11H2,2-3H3. The van der Waals surface area contributed by atoms with Crippen LogP contribution in [0.4, 0.5) is 0 Å². The first-order valence-electron chi connectivity index (χ1n) is 7.48. The van der Waals surface area contributed by atoms with E-state index in [-0.39, 0.29) is 5.91 Å². The highest BCUT2D eigenvalue weighted by atomic mass is 16.7. The van der Waals surface area contributed by atoms with Crippen LogP contribution in [-0.2, 0) is 14.0 Å². The number of hydrogen-bond donors (Lipinski definition) is 0. The van der Waals surface area contributed by atoms with E-state index in [1.54, 1.807) is 0 Å². The second kappa shape index (κ2) is 5.78. The Hall–Kier alpha value is -1.79. The van der Waals surface area contributed by atoms with Crippen LogP contribution in [-0.4, -0.2) is 49.8 Å². The predicted octanol–water partition coefficient (Wildman–Crippen LogP) is 1.19. The molecular formula is C16H20BNO4. The average Bonchev–Trinajstić information content (AvgIpc) is 2.81. The fourth-order valence-electron chi connectivity index (χ4n) is 2.50. The molecule has 5 nitrogen and oxygen atoms in total. The lowest BCUT2D eigenvalue weighted by molar-refractivity contribution is 0.0303. The Kier molecular flexibility index (Phi) is 3.97. The average molecular weight is 301 g/mol. The third kappa shape index (κ3) is 2.89. The lowest BCUT2D eigenvalue weighted by Gasteiger charge is -2.26. The third-order valence-corrected chi connectivity index (χ3v) is 4.05. The minimum absolute atomic E-state index is 0.0350. The van der Waals surface area contributed by atoms with Crippen LogP contribution in [0.3, 0.4) is 0 Å². The first-order valence-corrected chi connectivity index (χ1v) is 7.48. The van der Waals surface area contributed by atoms with Gasteiger partial charge in [0.15, 0.2) is 0 Å². The number of rotatable bonds is 2. The van der Waals surface area contributed by atoms with Crippen molar-refractivity contribution in [3.8, 4) is 0 Å². The van der Waals surface area contributed by atoms with Gasteiger partial charge in [-0.2, -0.15) is 0 Å². The molecule has 0 saturated carbocycles. The van der Waals surface area contributed by atoms with E-state index in [0.29, 0.717) is 37.6 Å². The SMILES string of the molecule is C=C1OB(c2ccc(C(=O)N3CCOCC3)cc2)OC1(C)C. The van der Waals surface area contributed by atoms with Gasteiger partial charge in [-0.25, -0.2) is 0 Å². The van der Waals surface area contributed by atoms with Crippen molar-refractivity contribution >= 4 is 18.5 Å². The van der Waals surface area contributed by atoms with Gasteiger partial charge in [-0.05, 0) is 31.4 Å². The molecule has 0 aromatic heterocycles. The zero-order valence-electron chi connectivity index (χ0n) is 13.0. The predicted molar refractivity (Wildman–Crippen MR) is 83.9 cm³/mol. The number of benzene rings is 1. The van der Waals surface area contributed by atoms with Crippen molar-refractivity contribution in [3.63, 3.8) is 0 Å². The van der Waals surface area contributed by atoms with Gasteiger partial charge < -0.3 is 18.9 Å². The summed E-state index contributed by atoms with van der Waals surface area (Å²) in [5.74, 6) is 0.652. The zero-order chi connectivity index (χ0) is 15.7. The van der Waals surface area contributed by atoms with Gasteiger partial charge in [0.2, 0.25) is 0 Å². The molecule has 0 spiro atoms. The molecule has 2 fully saturated rings. The smallest absolute Gasteiger partial charge is 0.534 e. The molecule has 0 unspecified atom stereocenters. The maximum Gasteiger partial charge on any atom is 0.563 e. The molecule has 0 N–H and O–H groups in total. The van der Waals surface area contributed by atoms with Gasteiger partial charge in [-0.1, -0.05) is 18.7 Å². The highest BCUT2D eigenvalue weighted by Crippen LogP contribution is 2.29. The first kappa shape index (κ1) is 15.1. The van der Waals surface area contributed by atoms with Crippen LogP contribution in [0.25, 0.3) is 0 Å². The largest absolute Gasteiger partial charge is 0.563 e. The number of hydrogen-bond acceptors (Lipinski definition) is 4. The van der Waals surface area contributed by atoms with E-state index in [2.05, 4.69) is 6.58 Å². The number of carbonyl (C=O) groups excluding carboxylic acids is 1. The summed E-state index contributed by atoms with van der Waals surface area (Å²) in [6.07, 6.45) is 0. The van der Waals surface area contributed by atoms with E-state index in [4.69, 9.17) is 14.0 Å². The molecule has 0 aliphatic carbocycles. The van der Waals surface area contributed by atoms with E-state index in [9.17, 15) is 4.79 Å². The van der Waals surface area contributed by atoms with Crippen LogP contribution in [0.2, 0.25) is 0 Å². The summed E-state index contributed by atoms with van der Waals surface area (Å²) in [5, 5.41) is 0. The van der Waals surface area contributed by atoms with Crippen LogP contribution < -0.4 is 5.46 Å². The minimum atomic E-state index is -0.493. The summed E-state index contributed by atoms with van der Waals surface area (Å²) in [5.41, 5.74) is 1.06. The van der Waals surface area contributed by atoms with E-state index in [1.165, 1.54) is 0 Å². The van der Waals surface area contributed by atoms with E-state index < -0.39 is 12.7 Å². The molecule has 2 saturated heterocycles. The van der Waals surface area contributed by atoms with E-state index >= 15 is 0 Å². The first-order chi connectivity index (χ1) is 10.5. The van der Waals surface area contributed by atoms with Gasteiger partial charge in [0.25, 0.3) is 5.91 Å². The molecule has 2 heterocycles. The fraction of sp³-hybridized carbons (Fsp3) is 0.438. The van der Waals surface area contributed by atoms with Gasteiger partial charge >= 0.3 is 7.12 Å². The zero-order valence-corrected chi connectivity index (χ0v) is 13.0. The monoisotopic (exact) mass is 301 g/mol. The summed E-state index contributed by atoms with van der Waals surface area (Å²) >= 11 is 0. The van der Waals surface area contributed by atoms with Gasteiger partial charge in [0.1, 0.15) is 5.60 Å². The van der Waals surface area contributed by atoms with E-state index in [0.717, 1.165) is 5.46 Å². The second-order valence-corrected chi connectivity index (χ2v) is 6.03. The summed E-state index contributed by atoms with van der Waals surface area (Å²) in [6, 6.07) is 7.36. The second-order valence-electron chi connectivity index (χ2n) is 6.03. The highest BCUT2D eigenvalue weighted by molar-refractivity contribution is 6.62. The Morgan fingerprint density at radius 2 is 1.86 bits per heavy atom. The molecule has 0 bridgehead atoms. The van der Waals surface area contributed by atoms with Crippen molar-refractivity contribution in [2.75, 3.05) is 26.3 Å². The number of ether oxygens (including phenoxy) is 1. The maximum absolute atomic E-state index is 12.4. The van der Waals surface area contributed by atoms with Crippen molar-refractivity contribution in [2.45, 2.75) is 19.4 Å². The van der Waals surface area contributed by atoms with Crippen molar-refractivity contribution in [1.82, 2.24) is 4.90 Å². The topological polar surface area (TPSA) is 48.0 Å². The van der Waals surface area contributed by atoms with Crippen molar-refractivity contribution < 1.29 is 18.8 Å².